The van der Waals surface area contributed by atoms with Crippen LogP contribution >= 0.6 is 27.7 Å². The lowest BCUT2D eigenvalue weighted by Crippen LogP contribution is -2.25. The minimum atomic E-state index is -0.170. The van der Waals surface area contributed by atoms with Gasteiger partial charge in [-0.25, -0.2) is 4.98 Å². The number of rotatable bonds is 10. The summed E-state index contributed by atoms with van der Waals surface area (Å²) < 4.78 is 17.5. The molecule has 0 bridgehead atoms. The van der Waals surface area contributed by atoms with Crippen molar-refractivity contribution in [2.45, 2.75) is 11.6 Å². The molecule has 3 aromatic rings. The Morgan fingerprint density at radius 1 is 1.06 bits per heavy atom. The Morgan fingerprint density at radius 3 is 2.44 bits per heavy atom. The zero-order valence-corrected chi connectivity index (χ0v) is 20.9. The van der Waals surface area contributed by atoms with E-state index in [-0.39, 0.29) is 5.56 Å². The second-order valence-corrected chi connectivity index (χ2v) is 9.08. The summed E-state index contributed by atoms with van der Waals surface area (Å²) in [6.45, 7) is 0.496. The van der Waals surface area contributed by atoms with Gasteiger partial charge in [0, 0.05) is 30.7 Å². The van der Waals surface area contributed by atoms with Gasteiger partial charge in [-0.05, 0) is 42.0 Å². The van der Waals surface area contributed by atoms with Crippen LogP contribution in [0.2, 0.25) is 0 Å². The summed E-state index contributed by atoms with van der Waals surface area (Å²) in [7, 11) is 6.87. The molecule has 0 unspecified atom stereocenters. The largest absolute Gasteiger partial charge is 0.493 e. The smallest absolute Gasteiger partial charge is 0.275 e. The van der Waals surface area contributed by atoms with E-state index in [1.807, 2.05) is 56.6 Å². The number of H-pyrrole nitrogens is 1. The number of anilines is 1. The number of nitrogens with one attached hydrogen (secondary N) is 1. The molecule has 1 aromatic heterocycles. The number of benzene rings is 2. The van der Waals surface area contributed by atoms with E-state index in [1.54, 1.807) is 19.1 Å². The molecule has 9 heteroatoms. The van der Waals surface area contributed by atoms with Crippen molar-refractivity contribution >= 4 is 33.4 Å². The summed E-state index contributed by atoms with van der Waals surface area (Å²) in [6, 6.07) is 13.4. The normalized spacial score (nSPS) is 10.7. The lowest BCUT2D eigenvalue weighted by atomic mass is 10.1. The highest BCUT2D eigenvalue weighted by Gasteiger charge is 2.15. The third kappa shape index (κ3) is 6.20. The molecule has 32 heavy (non-hydrogen) atoms. The molecule has 3 rings (SSSR count). The first-order valence-electron chi connectivity index (χ1n) is 9.94. The van der Waals surface area contributed by atoms with Crippen LogP contribution in [-0.2, 0) is 6.42 Å². The predicted molar refractivity (Wildman–Crippen MR) is 132 cm³/mol. The molecule has 0 amide bonds. The van der Waals surface area contributed by atoms with Gasteiger partial charge in [-0.3, -0.25) is 9.78 Å². The third-order valence-corrected chi connectivity index (χ3v) is 5.98. The average molecular weight is 520 g/mol. The van der Waals surface area contributed by atoms with Gasteiger partial charge in [0.25, 0.3) is 5.56 Å². The van der Waals surface area contributed by atoms with Crippen molar-refractivity contribution in [3.8, 4) is 17.2 Å². The molecule has 0 spiro atoms. The Labute approximate surface area is 200 Å². The Morgan fingerprint density at radius 2 is 1.78 bits per heavy atom. The van der Waals surface area contributed by atoms with E-state index in [2.05, 4.69) is 20.9 Å². The Kier molecular flexibility index (Phi) is 8.46. The maximum atomic E-state index is 12.8. The molecule has 0 fully saturated rings. The number of nitrogens with zero attached hydrogens (tertiary/aromatic N) is 2. The van der Waals surface area contributed by atoms with Gasteiger partial charge >= 0.3 is 0 Å². The highest BCUT2D eigenvalue weighted by molar-refractivity contribution is 9.10. The second-order valence-electron chi connectivity index (χ2n) is 7.08. The van der Waals surface area contributed by atoms with Gasteiger partial charge < -0.3 is 19.1 Å². The summed E-state index contributed by atoms with van der Waals surface area (Å²) >= 11 is 4.86. The molecule has 7 nitrogen and oxygen atoms in total. The third-order valence-electron chi connectivity index (χ3n) is 4.62. The summed E-state index contributed by atoms with van der Waals surface area (Å²) in [5.41, 5.74) is 2.03. The van der Waals surface area contributed by atoms with Crippen molar-refractivity contribution in [3.05, 3.63) is 68.5 Å². The van der Waals surface area contributed by atoms with E-state index in [1.165, 1.54) is 11.8 Å². The van der Waals surface area contributed by atoms with Crippen molar-refractivity contribution in [1.29, 1.82) is 0 Å². The Hall–Kier alpha value is -2.65. The Balaban J connectivity index is 1.75. The number of thioether (sulfide) groups is 1. The van der Waals surface area contributed by atoms with E-state index < -0.39 is 0 Å². The van der Waals surface area contributed by atoms with Crippen molar-refractivity contribution in [2.75, 3.05) is 45.6 Å². The van der Waals surface area contributed by atoms with Crippen LogP contribution in [0.4, 0.5) is 5.69 Å². The molecule has 0 aliphatic heterocycles. The van der Waals surface area contributed by atoms with E-state index in [4.69, 9.17) is 19.2 Å². The number of ether oxygens (including phenoxy) is 3. The van der Waals surface area contributed by atoms with Gasteiger partial charge in [0.1, 0.15) is 11.4 Å². The highest BCUT2D eigenvalue weighted by atomic mass is 79.9. The summed E-state index contributed by atoms with van der Waals surface area (Å²) in [6.07, 6.45) is 0.487. The maximum absolute atomic E-state index is 12.8. The molecule has 0 atom stereocenters. The van der Waals surface area contributed by atoms with Gasteiger partial charge in [-0.15, -0.1) is 0 Å². The van der Waals surface area contributed by atoms with E-state index >= 15 is 0 Å². The fraction of sp³-hybridized carbons (Fsp3) is 0.304. The summed E-state index contributed by atoms with van der Waals surface area (Å²) in [5, 5.41) is 0.565. The van der Waals surface area contributed by atoms with Gasteiger partial charge in [0.15, 0.2) is 16.7 Å². The quantitative estimate of drug-likeness (QED) is 0.242. The van der Waals surface area contributed by atoms with E-state index in [0.29, 0.717) is 46.8 Å². The standard InChI is InChI=1S/C23H26BrN3O4S/c1-27(2)21-18(13-15-5-10-19(29-3)20(14-15)30-4)25-23(26-22(21)28)32-12-11-31-17-8-6-16(24)7-9-17/h5-10,14H,11-13H2,1-4H3,(H,25,26,28). The fourth-order valence-electron chi connectivity index (χ4n) is 3.16. The molecule has 2 aromatic carbocycles. The average Bonchev–Trinajstić information content (AvgIpc) is 2.77. The van der Waals surface area contributed by atoms with Crippen molar-refractivity contribution in [2.24, 2.45) is 0 Å². The number of hydrogen-bond donors (Lipinski definition) is 1. The molecule has 0 radical (unpaired) electrons. The molecule has 0 aliphatic rings. The highest BCUT2D eigenvalue weighted by Crippen LogP contribution is 2.29. The number of methoxy groups -OCH3 is 2. The number of halogens is 1. The molecule has 0 saturated heterocycles. The monoisotopic (exact) mass is 519 g/mol. The van der Waals surface area contributed by atoms with Crippen LogP contribution in [0.5, 0.6) is 17.2 Å². The topological polar surface area (TPSA) is 76.7 Å². The predicted octanol–water partition coefficient (Wildman–Crippen LogP) is 4.38. The Bertz CT molecular complexity index is 1100. The van der Waals surface area contributed by atoms with E-state index in [9.17, 15) is 4.79 Å². The minimum absolute atomic E-state index is 0.170. The lowest BCUT2D eigenvalue weighted by Gasteiger charge is -2.17. The first-order chi connectivity index (χ1) is 15.4. The molecule has 1 heterocycles. The number of aromatic amines is 1. The van der Waals surface area contributed by atoms with Crippen LogP contribution in [-0.4, -0.2) is 50.6 Å². The molecule has 1 N–H and O–H groups in total. The maximum Gasteiger partial charge on any atom is 0.275 e. The molecule has 0 aliphatic carbocycles. The summed E-state index contributed by atoms with van der Waals surface area (Å²) in [4.78, 5) is 22.2. The van der Waals surface area contributed by atoms with Crippen LogP contribution in [0, 0.1) is 0 Å². The van der Waals surface area contributed by atoms with Crippen molar-refractivity contribution in [1.82, 2.24) is 9.97 Å². The lowest BCUT2D eigenvalue weighted by molar-refractivity contribution is 0.344. The molecule has 0 saturated carbocycles. The minimum Gasteiger partial charge on any atom is -0.493 e. The molecular formula is C23H26BrN3O4S. The first kappa shape index (κ1) is 24.0. The van der Waals surface area contributed by atoms with Gasteiger partial charge in [-0.1, -0.05) is 33.8 Å². The zero-order valence-electron chi connectivity index (χ0n) is 18.5. The summed E-state index contributed by atoms with van der Waals surface area (Å²) in [5.74, 6) is 2.74. The van der Waals surface area contributed by atoms with Crippen LogP contribution < -0.4 is 24.7 Å². The number of aromatic nitrogens is 2. The second kappa shape index (κ2) is 11.3. The van der Waals surface area contributed by atoms with Crippen molar-refractivity contribution in [3.63, 3.8) is 0 Å². The van der Waals surface area contributed by atoms with Crippen molar-refractivity contribution < 1.29 is 14.2 Å². The number of hydrogen-bond acceptors (Lipinski definition) is 7. The van der Waals surface area contributed by atoms with Gasteiger partial charge in [0.2, 0.25) is 0 Å². The van der Waals surface area contributed by atoms with Gasteiger partial charge in [-0.2, -0.15) is 0 Å². The zero-order chi connectivity index (χ0) is 23.1. The molecule has 170 valence electrons. The van der Waals surface area contributed by atoms with Crippen LogP contribution in [0.3, 0.4) is 0 Å². The van der Waals surface area contributed by atoms with Gasteiger partial charge in [0.05, 0.1) is 26.5 Å². The van der Waals surface area contributed by atoms with Crippen LogP contribution in [0.25, 0.3) is 0 Å². The fourth-order valence-corrected chi connectivity index (χ4v) is 4.12. The SMILES string of the molecule is COc1ccc(Cc2nc(SCCOc3ccc(Br)cc3)[nH]c(=O)c2N(C)C)cc1OC. The molecular weight excluding hydrogens is 494 g/mol. The van der Waals surface area contributed by atoms with E-state index in [0.717, 1.165) is 15.8 Å². The first-order valence-corrected chi connectivity index (χ1v) is 11.7. The van der Waals surface area contributed by atoms with Crippen LogP contribution in [0.15, 0.2) is 56.9 Å². The van der Waals surface area contributed by atoms with Crippen LogP contribution in [0.1, 0.15) is 11.3 Å².